The van der Waals surface area contributed by atoms with Crippen molar-refractivity contribution in [2.75, 3.05) is 13.1 Å². The topological polar surface area (TPSA) is 104 Å². The summed E-state index contributed by atoms with van der Waals surface area (Å²) in [5.74, 6) is -0.380. The van der Waals surface area contributed by atoms with Crippen LogP contribution in [0.4, 0.5) is 0 Å². The van der Waals surface area contributed by atoms with Gasteiger partial charge in [-0.15, -0.1) is 0 Å². The number of carbonyl (C=O) groups excluding carboxylic acids is 1. The number of aromatic nitrogens is 2. The van der Waals surface area contributed by atoms with E-state index < -0.39 is 0 Å². The molecule has 6 nitrogen and oxygen atoms in total. The fourth-order valence-electron chi connectivity index (χ4n) is 4.65. The molecule has 0 saturated heterocycles. The van der Waals surface area contributed by atoms with Gasteiger partial charge in [-0.25, -0.2) is 4.68 Å². The summed E-state index contributed by atoms with van der Waals surface area (Å²) in [5.41, 5.74) is 13.9. The third-order valence-electron chi connectivity index (χ3n) is 6.58. The number of rotatable bonds is 6. The Morgan fingerprint density at radius 1 is 1.06 bits per heavy atom. The van der Waals surface area contributed by atoms with Gasteiger partial charge in [-0.2, -0.15) is 5.10 Å². The number of hydrogen-bond acceptors (Lipinski definition) is 5. The lowest BCUT2D eigenvalue weighted by molar-refractivity contribution is 0.0998. The van der Waals surface area contributed by atoms with Crippen molar-refractivity contribution < 1.29 is 4.79 Å². The summed E-state index contributed by atoms with van der Waals surface area (Å²) in [6, 6.07) is 18.8. The van der Waals surface area contributed by atoms with Crippen LogP contribution < -0.4 is 17.0 Å². The fraction of sp³-hybridized carbons (Fsp3) is 0.320. The zero-order chi connectivity index (χ0) is 22.7. The minimum Gasteiger partial charge on any atom is -0.330 e. The van der Waals surface area contributed by atoms with E-state index in [0.29, 0.717) is 17.3 Å². The van der Waals surface area contributed by atoms with E-state index in [0.717, 1.165) is 36.8 Å². The van der Waals surface area contributed by atoms with E-state index in [9.17, 15) is 9.59 Å². The molecular weight excluding hydrogens is 424 g/mol. The molecule has 7 heteroatoms. The van der Waals surface area contributed by atoms with Gasteiger partial charge >= 0.3 is 0 Å². The minimum atomic E-state index is -0.381. The highest BCUT2D eigenvalue weighted by molar-refractivity contribution is 6.30. The van der Waals surface area contributed by atoms with Gasteiger partial charge in [0.15, 0.2) is 5.78 Å². The Balaban J connectivity index is 1.70. The number of benzene rings is 2. The maximum absolute atomic E-state index is 13.2. The highest BCUT2D eigenvalue weighted by atomic mass is 35.5. The Morgan fingerprint density at radius 3 is 2.41 bits per heavy atom. The maximum Gasteiger partial charge on any atom is 0.277 e. The highest BCUT2D eigenvalue weighted by Gasteiger charge is 2.37. The molecule has 1 aliphatic carbocycles. The Kier molecular flexibility index (Phi) is 6.55. The molecule has 1 aromatic heterocycles. The summed E-state index contributed by atoms with van der Waals surface area (Å²) in [5, 5.41) is 5.35. The van der Waals surface area contributed by atoms with Crippen molar-refractivity contribution in [3.63, 3.8) is 0 Å². The Morgan fingerprint density at radius 2 is 1.78 bits per heavy atom. The first-order chi connectivity index (χ1) is 15.5. The summed E-state index contributed by atoms with van der Waals surface area (Å²) < 4.78 is 1.49. The number of nitrogens with zero attached hydrogens (tertiary/aromatic N) is 2. The zero-order valence-electron chi connectivity index (χ0n) is 17.8. The van der Waals surface area contributed by atoms with Crippen molar-refractivity contribution in [1.82, 2.24) is 9.78 Å². The van der Waals surface area contributed by atoms with Crippen LogP contribution in [-0.2, 0) is 5.41 Å². The fourth-order valence-corrected chi connectivity index (χ4v) is 4.84. The van der Waals surface area contributed by atoms with Gasteiger partial charge in [-0.05, 0) is 49.4 Å². The predicted molar refractivity (Wildman–Crippen MR) is 127 cm³/mol. The highest BCUT2D eigenvalue weighted by Crippen LogP contribution is 2.42. The predicted octanol–water partition coefficient (Wildman–Crippen LogP) is 3.72. The van der Waals surface area contributed by atoms with Crippen molar-refractivity contribution in [2.45, 2.75) is 37.1 Å². The smallest absolute Gasteiger partial charge is 0.277 e. The standard InChI is InChI=1S/C25H27ClN4O2/c26-19-8-4-7-18(13-19)25(16-28)11-9-20(10-12-25)30-24(32)21(23(31)15-27)14-22(29-30)17-5-2-1-3-6-17/h1-8,13-14,20H,9-12,15-16,27-28H2. The van der Waals surface area contributed by atoms with Crippen molar-refractivity contribution in [3.05, 3.63) is 87.2 Å². The lowest BCUT2D eigenvalue weighted by Gasteiger charge is -2.40. The van der Waals surface area contributed by atoms with Crippen LogP contribution >= 0.6 is 11.6 Å². The second kappa shape index (κ2) is 9.36. The van der Waals surface area contributed by atoms with E-state index in [4.69, 9.17) is 23.1 Å². The molecule has 32 heavy (non-hydrogen) atoms. The minimum absolute atomic E-state index is 0.0897. The SMILES string of the molecule is NCC(=O)c1cc(-c2ccccc2)nn(C2CCC(CN)(c3cccc(Cl)c3)CC2)c1=O. The van der Waals surface area contributed by atoms with Gasteiger partial charge in [0.05, 0.1) is 23.8 Å². The average Bonchev–Trinajstić information content (AvgIpc) is 2.84. The Bertz CT molecular complexity index is 1170. The summed E-state index contributed by atoms with van der Waals surface area (Å²) in [7, 11) is 0. The van der Waals surface area contributed by atoms with Crippen molar-refractivity contribution >= 4 is 17.4 Å². The number of halogens is 1. The molecule has 0 bridgehead atoms. The monoisotopic (exact) mass is 450 g/mol. The van der Waals surface area contributed by atoms with E-state index in [1.165, 1.54) is 4.68 Å². The molecule has 0 atom stereocenters. The van der Waals surface area contributed by atoms with E-state index >= 15 is 0 Å². The molecule has 1 fully saturated rings. The third-order valence-corrected chi connectivity index (χ3v) is 6.81. The molecule has 1 saturated carbocycles. The van der Waals surface area contributed by atoms with Crippen LogP contribution in [-0.4, -0.2) is 28.7 Å². The molecule has 4 N–H and O–H groups in total. The van der Waals surface area contributed by atoms with Crippen molar-refractivity contribution in [2.24, 2.45) is 11.5 Å². The molecule has 3 aromatic rings. The number of nitrogens with two attached hydrogens (primary N) is 2. The summed E-state index contributed by atoms with van der Waals surface area (Å²) in [4.78, 5) is 25.6. The first-order valence-corrected chi connectivity index (χ1v) is 11.2. The van der Waals surface area contributed by atoms with Crippen LogP contribution in [0.3, 0.4) is 0 Å². The normalized spacial score (nSPS) is 20.8. The molecule has 0 radical (unpaired) electrons. The van der Waals surface area contributed by atoms with Crippen LogP contribution in [0.1, 0.15) is 47.6 Å². The summed E-state index contributed by atoms with van der Waals surface area (Å²) in [6.07, 6.45) is 3.06. The summed E-state index contributed by atoms with van der Waals surface area (Å²) >= 11 is 6.23. The molecule has 166 valence electrons. The van der Waals surface area contributed by atoms with Gasteiger partial charge in [-0.1, -0.05) is 54.1 Å². The molecule has 0 amide bonds. The number of carbonyl (C=O) groups is 1. The molecule has 1 heterocycles. The quantitative estimate of drug-likeness (QED) is 0.557. The largest absolute Gasteiger partial charge is 0.330 e. The maximum atomic E-state index is 13.2. The van der Waals surface area contributed by atoms with Gasteiger partial charge in [0, 0.05) is 22.5 Å². The van der Waals surface area contributed by atoms with Gasteiger partial charge in [-0.3, -0.25) is 9.59 Å². The van der Waals surface area contributed by atoms with Crippen molar-refractivity contribution in [3.8, 4) is 11.3 Å². The first-order valence-electron chi connectivity index (χ1n) is 10.9. The van der Waals surface area contributed by atoms with Crippen LogP contribution in [0.2, 0.25) is 5.02 Å². The van der Waals surface area contributed by atoms with E-state index in [2.05, 4.69) is 11.2 Å². The number of hydrogen-bond donors (Lipinski definition) is 2. The molecule has 0 aliphatic heterocycles. The van der Waals surface area contributed by atoms with E-state index in [1.54, 1.807) is 6.07 Å². The number of ketones is 1. The molecule has 0 spiro atoms. The van der Waals surface area contributed by atoms with Gasteiger partial charge < -0.3 is 11.5 Å². The molecule has 1 aliphatic rings. The van der Waals surface area contributed by atoms with Gasteiger partial charge in [0.1, 0.15) is 0 Å². The van der Waals surface area contributed by atoms with E-state index in [-0.39, 0.29) is 34.9 Å². The van der Waals surface area contributed by atoms with Crippen LogP contribution in [0.5, 0.6) is 0 Å². The average molecular weight is 451 g/mol. The molecular formula is C25H27ClN4O2. The molecule has 2 aromatic carbocycles. The lowest BCUT2D eigenvalue weighted by Crippen LogP contribution is -2.42. The zero-order valence-corrected chi connectivity index (χ0v) is 18.6. The molecule has 4 rings (SSSR count). The molecule has 0 unspecified atom stereocenters. The van der Waals surface area contributed by atoms with Gasteiger partial charge in [0.2, 0.25) is 0 Å². The Hall–Kier alpha value is -2.80. The van der Waals surface area contributed by atoms with E-state index in [1.807, 2.05) is 48.5 Å². The summed E-state index contributed by atoms with van der Waals surface area (Å²) in [6.45, 7) is 0.284. The number of Topliss-reactive ketones (excluding diaryl/α,β-unsaturated/α-hetero) is 1. The van der Waals surface area contributed by atoms with Crippen molar-refractivity contribution in [1.29, 1.82) is 0 Å². The van der Waals surface area contributed by atoms with Crippen LogP contribution in [0, 0.1) is 0 Å². The third kappa shape index (κ3) is 4.26. The first kappa shape index (κ1) is 22.4. The van der Waals surface area contributed by atoms with Crippen LogP contribution in [0.15, 0.2) is 65.5 Å². The lowest BCUT2D eigenvalue weighted by atomic mass is 9.68. The van der Waals surface area contributed by atoms with Crippen LogP contribution in [0.25, 0.3) is 11.3 Å². The second-order valence-corrected chi connectivity index (χ2v) is 8.85. The van der Waals surface area contributed by atoms with Gasteiger partial charge in [0.25, 0.3) is 5.56 Å². The second-order valence-electron chi connectivity index (χ2n) is 8.41. The Labute approximate surface area is 192 Å².